The maximum Gasteiger partial charge on any atom is 0.216 e. The third-order valence-electron chi connectivity index (χ3n) is 5.48. The molecule has 0 bridgehead atoms. The predicted molar refractivity (Wildman–Crippen MR) is 127 cm³/mol. The Morgan fingerprint density at radius 1 is 1.10 bits per heavy atom. The highest BCUT2D eigenvalue weighted by atomic mass is 32.2. The molecule has 1 saturated heterocycles. The predicted octanol–water partition coefficient (Wildman–Crippen LogP) is 3.15. The van der Waals surface area contributed by atoms with Crippen LogP contribution >= 0.6 is 0 Å². The quantitative estimate of drug-likeness (QED) is 0.487. The summed E-state index contributed by atoms with van der Waals surface area (Å²) >= 11 is 0. The number of sulfonamides is 1. The van der Waals surface area contributed by atoms with Crippen LogP contribution in [0.2, 0.25) is 0 Å². The van der Waals surface area contributed by atoms with Gasteiger partial charge in [0, 0.05) is 32.7 Å². The number of aliphatic imine (C=N–C) groups is 1. The SMILES string of the molecule is CN=C(NCc1ccccc1CS(=O)(=O)NC(C)C)N1CCC(Cc2ccccc2)C1. The molecule has 0 spiro atoms. The van der Waals surface area contributed by atoms with E-state index in [1.807, 2.05) is 38.1 Å². The van der Waals surface area contributed by atoms with Crippen molar-refractivity contribution in [1.82, 2.24) is 14.9 Å². The van der Waals surface area contributed by atoms with Crippen molar-refractivity contribution in [2.75, 3.05) is 20.1 Å². The molecule has 3 rings (SSSR count). The van der Waals surface area contributed by atoms with Crippen LogP contribution in [0.15, 0.2) is 59.6 Å². The highest BCUT2D eigenvalue weighted by Crippen LogP contribution is 2.21. The summed E-state index contributed by atoms with van der Waals surface area (Å²) in [7, 11) is -1.57. The normalized spacial score (nSPS) is 17.4. The van der Waals surface area contributed by atoms with Crippen LogP contribution < -0.4 is 10.0 Å². The lowest BCUT2D eigenvalue weighted by Crippen LogP contribution is -2.40. The van der Waals surface area contributed by atoms with Crippen LogP contribution in [-0.4, -0.2) is 45.5 Å². The van der Waals surface area contributed by atoms with Crippen molar-refractivity contribution < 1.29 is 8.42 Å². The summed E-state index contributed by atoms with van der Waals surface area (Å²) in [6, 6.07) is 18.2. The molecule has 1 fully saturated rings. The van der Waals surface area contributed by atoms with Gasteiger partial charge >= 0.3 is 0 Å². The van der Waals surface area contributed by atoms with Crippen LogP contribution in [-0.2, 0) is 28.7 Å². The van der Waals surface area contributed by atoms with E-state index in [4.69, 9.17) is 0 Å². The molecule has 168 valence electrons. The lowest BCUT2D eigenvalue weighted by atomic mass is 9.99. The van der Waals surface area contributed by atoms with Gasteiger partial charge in [0.2, 0.25) is 10.0 Å². The topological polar surface area (TPSA) is 73.8 Å². The first kappa shape index (κ1) is 23.3. The smallest absolute Gasteiger partial charge is 0.216 e. The first-order valence-corrected chi connectivity index (χ1v) is 12.6. The molecule has 6 nitrogen and oxygen atoms in total. The molecule has 1 aliphatic heterocycles. The average Bonchev–Trinajstić information content (AvgIpc) is 3.17. The minimum absolute atomic E-state index is 0.0233. The molecule has 0 saturated carbocycles. The van der Waals surface area contributed by atoms with E-state index in [0.717, 1.165) is 43.0 Å². The van der Waals surface area contributed by atoms with Crippen molar-refractivity contribution in [3.63, 3.8) is 0 Å². The Bertz CT molecular complexity index is 974. The van der Waals surface area contributed by atoms with Gasteiger partial charge in [-0.05, 0) is 49.3 Å². The molecule has 1 atom stereocenters. The summed E-state index contributed by atoms with van der Waals surface area (Å²) in [4.78, 5) is 6.77. The van der Waals surface area contributed by atoms with E-state index < -0.39 is 10.0 Å². The first-order chi connectivity index (χ1) is 14.9. The van der Waals surface area contributed by atoms with Crippen molar-refractivity contribution >= 4 is 16.0 Å². The zero-order valence-corrected chi connectivity index (χ0v) is 19.5. The van der Waals surface area contributed by atoms with Crippen LogP contribution in [0.5, 0.6) is 0 Å². The van der Waals surface area contributed by atoms with E-state index >= 15 is 0 Å². The van der Waals surface area contributed by atoms with Crippen molar-refractivity contribution in [3.8, 4) is 0 Å². The lowest BCUT2D eigenvalue weighted by Gasteiger charge is -2.22. The lowest BCUT2D eigenvalue weighted by molar-refractivity contribution is 0.459. The molecule has 0 aromatic heterocycles. The van der Waals surface area contributed by atoms with Crippen LogP contribution in [0.3, 0.4) is 0 Å². The van der Waals surface area contributed by atoms with E-state index in [2.05, 4.69) is 50.3 Å². The number of benzene rings is 2. The van der Waals surface area contributed by atoms with E-state index in [1.165, 1.54) is 5.56 Å². The van der Waals surface area contributed by atoms with Gasteiger partial charge in [-0.25, -0.2) is 13.1 Å². The summed E-state index contributed by atoms with van der Waals surface area (Å²) < 4.78 is 27.4. The highest BCUT2D eigenvalue weighted by Gasteiger charge is 2.25. The molecule has 2 N–H and O–H groups in total. The Morgan fingerprint density at radius 3 is 2.45 bits per heavy atom. The molecule has 1 aliphatic rings. The van der Waals surface area contributed by atoms with Gasteiger partial charge in [-0.3, -0.25) is 4.99 Å². The molecule has 31 heavy (non-hydrogen) atoms. The summed E-state index contributed by atoms with van der Waals surface area (Å²) in [6.07, 6.45) is 2.23. The fourth-order valence-electron chi connectivity index (χ4n) is 4.12. The molecular weight excluding hydrogens is 408 g/mol. The third kappa shape index (κ3) is 7.08. The molecule has 1 unspecified atom stereocenters. The standard InChI is InChI=1S/C24H34N4O2S/c1-19(2)27-31(29,30)18-23-12-8-7-11-22(23)16-26-24(25-3)28-14-13-21(17-28)15-20-9-5-4-6-10-20/h4-12,19,21,27H,13-18H2,1-3H3,(H,25,26). The van der Waals surface area contributed by atoms with Gasteiger partial charge in [-0.1, -0.05) is 54.6 Å². The van der Waals surface area contributed by atoms with Crippen LogP contribution in [0.4, 0.5) is 0 Å². The second kappa shape index (κ2) is 10.8. The zero-order valence-electron chi connectivity index (χ0n) is 18.7. The maximum absolute atomic E-state index is 12.4. The molecule has 2 aromatic rings. The summed E-state index contributed by atoms with van der Waals surface area (Å²) in [5.41, 5.74) is 3.15. The number of guanidine groups is 1. The number of hydrogen-bond donors (Lipinski definition) is 2. The highest BCUT2D eigenvalue weighted by molar-refractivity contribution is 7.88. The van der Waals surface area contributed by atoms with Gasteiger partial charge in [0.25, 0.3) is 0 Å². The van der Waals surface area contributed by atoms with Crippen molar-refractivity contribution in [3.05, 3.63) is 71.3 Å². The first-order valence-electron chi connectivity index (χ1n) is 10.9. The number of nitrogens with one attached hydrogen (secondary N) is 2. The monoisotopic (exact) mass is 442 g/mol. The minimum Gasteiger partial charge on any atom is -0.352 e. The van der Waals surface area contributed by atoms with Crippen LogP contribution in [0.1, 0.15) is 37.0 Å². The maximum atomic E-state index is 12.4. The number of likely N-dealkylation sites (tertiary alicyclic amines) is 1. The van der Waals surface area contributed by atoms with Crippen molar-refractivity contribution in [2.24, 2.45) is 10.9 Å². The minimum atomic E-state index is -3.37. The third-order valence-corrected chi connectivity index (χ3v) is 7.00. The molecule has 0 amide bonds. The second-order valence-corrected chi connectivity index (χ2v) is 10.2. The van der Waals surface area contributed by atoms with Gasteiger partial charge in [0.15, 0.2) is 5.96 Å². The second-order valence-electron chi connectivity index (χ2n) is 8.49. The molecule has 2 aromatic carbocycles. The molecule has 0 radical (unpaired) electrons. The van der Waals surface area contributed by atoms with Gasteiger partial charge in [-0.2, -0.15) is 0 Å². The van der Waals surface area contributed by atoms with Gasteiger partial charge in [0.1, 0.15) is 0 Å². The largest absolute Gasteiger partial charge is 0.352 e. The Kier molecular flexibility index (Phi) is 8.09. The van der Waals surface area contributed by atoms with E-state index in [1.54, 1.807) is 7.05 Å². The average molecular weight is 443 g/mol. The zero-order chi connectivity index (χ0) is 22.3. The van der Waals surface area contributed by atoms with Crippen LogP contribution in [0, 0.1) is 5.92 Å². The number of hydrogen-bond acceptors (Lipinski definition) is 3. The van der Waals surface area contributed by atoms with E-state index in [-0.39, 0.29) is 11.8 Å². The molecule has 0 aliphatic carbocycles. The van der Waals surface area contributed by atoms with Gasteiger partial charge in [-0.15, -0.1) is 0 Å². The number of nitrogens with zero attached hydrogens (tertiary/aromatic N) is 2. The van der Waals surface area contributed by atoms with E-state index in [9.17, 15) is 8.42 Å². The Hall–Kier alpha value is -2.38. The fraction of sp³-hybridized carbons (Fsp3) is 0.458. The Morgan fingerprint density at radius 2 is 1.77 bits per heavy atom. The van der Waals surface area contributed by atoms with Gasteiger partial charge < -0.3 is 10.2 Å². The molecular formula is C24H34N4O2S. The van der Waals surface area contributed by atoms with Crippen molar-refractivity contribution in [2.45, 2.75) is 45.0 Å². The summed E-state index contributed by atoms with van der Waals surface area (Å²) in [5, 5.41) is 3.44. The molecule has 7 heteroatoms. The summed E-state index contributed by atoms with van der Waals surface area (Å²) in [5.74, 6) is 1.46. The molecule has 1 heterocycles. The fourth-order valence-corrected chi connectivity index (χ4v) is 5.61. The van der Waals surface area contributed by atoms with Crippen molar-refractivity contribution in [1.29, 1.82) is 0 Å². The van der Waals surface area contributed by atoms with Crippen LogP contribution in [0.25, 0.3) is 0 Å². The number of rotatable bonds is 8. The Labute approximate surface area is 186 Å². The van der Waals surface area contributed by atoms with Gasteiger partial charge in [0.05, 0.1) is 5.75 Å². The Balaban J connectivity index is 1.59. The van der Waals surface area contributed by atoms with E-state index in [0.29, 0.717) is 12.5 Å². The summed E-state index contributed by atoms with van der Waals surface area (Å²) in [6.45, 7) is 6.15.